The first-order chi connectivity index (χ1) is 14.3. The molecule has 1 aromatic rings. The SMILES string of the molecule is CCC(=C(F)C=CC(C)=CC(=O)O)c1cc2c(c(C(C)(C)Cl)c1OC)OC(C)(C)C=C2. The number of carboxylic acids is 1. The van der Waals surface area contributed by atoms with Gasteiger partial charge in [0.1, 0.15) is 22.9 Å². The van der Waals surface area contributed by atoms with Gasteiger partial charge in [0.2, 0.25) is 0 Å². The number of ether oxygens (including phenoxy) is 2. The Morgan fingerprint density at radius 1 is 1.35 bits per heavy atom. The van der Waals surface area contributed by atoms with Gasteiger partial charge in [0.05, 0.1) is 17.5 Å². The number of halogens is 2. The lowest BCUT2D eigenvalue weighted by molar-refractivity contribution is -0.131. The molecule has 0 saturated carbocycles. The zero-order valence-electron chi connectivity index (χ0n) is 19.1. The number of hydrogen-bond donors (Lipinski definition) is 1. The third-order valence-corrected chi connectivity index (χ3v) is 5.09. The number of allylic oxidation sites excluding steroid dienone is 5. The van der Waals surface area contributed by atoms with Gasteiger partial charge < -0.3 is 14.6 Å². The van der Waals surface area contributed by atoms with E-state index in [1.807, 2.05) is 52.8 Å². The molecule has 1 N–H and O–H groups in total. The van der Waals surface area contributed by atoms with Crippen molar-refractivity contribution < 1.29 is 23.8 Å². The molecule has 168 valence electrons. The highest BCUT2D eigenvalue weighted by atomic mass is 35.5. The Morgan fingerprint density at radius 3 is 2.52 bits per heavy atom. The van der Waals surface area contributed by atoms with E-state index >= 15 is 4.39 Å². The second kappa shape index (κ2) is 9.31. The van der Waals surface area contributed by atoms with Gasteiger partial charge in [0, 0.05) is 17.2 Å². The topological polar surface area (TPSA) is 55.8 Å². The first-order valence-electron chi connectivity index (χ1n) is 10.1. The lowest BCUT2D eigenvalue weighted by Gasteiger charge is -2.34. The minimum atomic E-state index is -1.08. The van der Waals surface area contributed by atoms with Crippen molar-refractivity contribution >= 4 is 29.2 Å². The van der Waals surface area contributed by atoms with Crippen LogP contribution in [0.15, 0.2) is 41.8 Å². The van der Waals surface area contributed by atoms with Crippen LogP contribution in [0.1, 0.15) is 64.7 Å². The summed E-state index contributed by atoms with van der Waals surface area (Å²) in [6.45, 7) is 11.0. The van der Waals surface area contributed by atoms with Crippen molar-refractivity contribution in [3.8, 4) is 11.5 Å². The molecule has 0 spiro atoms. The largest absolute Gasteiger partial charge is 0.496 e. The third kappa shape index (κ3) is 5.79. The minimum Gasteiger partial charge on any atom is -0.496 e. The van der Waals surface area contributed by atoms with E-state index in [-0.39, 0.29) is 0 Å². The Labute approximate surface area is 188 Å². The fourth-order valence-electron chi connectivity index (χ4n) is 3.50. The molecule has 0 amide bonds. The van der Waals surface area contributed by atoms with Crippen molar-refractivity contribution in [2.45, 2.75) is 58.4 Å². The molecular weight excluding hydrogens is 419 g/mol. The van der Waals surface area contributed by atoms with E-state index < -0.39 is 22.3 Å². The van der Waals surface area contributed by atoms with Gasteiger partial charge in [-0.15, -0.1) is 11.6 Å². The number of methoxy groups -OCH3 is 1. The lowest BCUT2D eigenvalue weighted by atomic mass is 9.88. The predicted molar refractivity (Wildman–Crippen MR) is 124 cm³/mol. The summed E-state index contributed by atoms with van der Waals surface area (Å²) in [4.78, 5) is 9.97. The molecule has 4 nitrogen and oxygen atoms in total. The van der Waals surface area contributed by atoms with Crippen molar-refractivity contribution in [1.29, 1.82) is 0 Å². The summed E-state index contributed by atoms with van der Waals surface area (Å²) in [5, 5.41) is 8.84. The zero-order valence-corrected chi connectivity index (χ0v) is 19.9. The Bertz CT molecular complexity index is 992. The first kappa shape index (κ1) is 24.7. The summed E-state index contributed by atoms with van der Waals surface area (Å²) in [5.41, 5.74) is 2.38. The monoisotopic (exact) mass is 448 g/mol. The van der Waals surface area contributed by atoms with Gasteiger partial charge in [0.15, 0.2) is 0 Å². The predicted octanol–water partition coefficient (Wildman–Crippen LogP) is 7.03. The average Bonchev–Trinajstić information content (AvgIpc) is 2.64. The van der Waals surface area contributed by atoms with E-state index in [9.17, 15) is 4.79 Å². The Morgan fingerprint density at radius 2 is 2.00 bits per heavy atom. The number of hydrogen-bond acceptors (Lipinski definition) is 3. The van der Waals surface area contributed by atoms with Crippen LogP contribution in [0.5, 0.6) is 11.5 Å². The van der Waals surface area contributed by atoms with Crippen LogP contribution in [0.2, 0.25) is 0 Å². The number of benzene rings is 1. The molecule has 0 saturated heterocycles. The zero-order chi connectivity index (χ0) is 23.6. The first-order valence-corrected chi connectivity index (χ1v) is 10.5. The number of carbonyl (C=O) groups is 1. The van der Waals surface area contributed by atoms with Crippen LogP contribution in [-0.4, -0.2) is 23.8 Å². The van der Waals surface area contributed by atoms with Crippen molar-refractivity contribution in [2.75, 3.05) is 7.11 Å². The molecule has 2 rings (SSSR count). The molecule has 1 aliphatic heterocycles. The molecule has 0 atom stereocenters. The van der Waals surface area contributed by atoms with Gasteiger partial charge in [-0.05, 0) is 70.4 Å². The molecule has 0 radical (unpaired) electrons. The Balaban J connectivity index is 2.78. The minimum absolute atomic E-state index is 0.394. The number of carboxylic acid groups (broad SMARTS) is 1. The van der Waals surface area contributed by atoms with Crippen LogP contribution in [0.25, 0.3) is 11.6 Å². The Kier molecular flexibility index (Phi) is 7.43. The quantitative estimate of drug-likeness (QED) is 0.276. The lowest BCUT2D eigenvalue weighted by Crippen LogP contribution is -2.29. The van der Waals surface area contributed by atoms with E-state index in [1.165, 1.54) is 19.3 Å². The van der Waals surface area contributed by atoms with Crippen molar-refractivity contribution in [3.05, 3.63) is 58.5 Å². The standard InChI is InChI=1S/C25H30ClFO4/c1-8-17(19(27)10-9-15(2)13-20(28)29)18-14-16-11-12-24(3,4)31-22(16)21(23(18)30-7)25(5,6)26/h9-14H,8H2,1-7H3,(H,28,29). The maximum absolute atomic E-state index is 15.2. The van der Waals surface area contributed by atoms with Crippen LogP contribution in [0, 0.1) is 0 Å². The molecule has 1 heterocycles. The summed E-state index contributed by atoms with van der Waals surface area (Å²) in [6.07, 6.45) is 8.02. The van der Waals surface area contributed by atoms with Gasteiger partial charge in [-0.25, -0.2) is 9.18 Å². The summed E-state index contributed by atoms with van der Waals surface area (Å²) in [6, 6.07) is 1.85. The van der Waals surface area contributed by atoms with Gasteiger partial charge in [0.25, 0.3) is 0 Å². The molecule has 0 aliphatic carbocycles. The fourth-order valence-corrected chi connectivity index (χ4v) is 3.67. The van der Waals surface area contributed by atoms with Crippen molar-refractivity contribution in [2.24, 2.45) is 0 Å². The van der Waals surface area contributed by atoms with E-state index in [4.69, 9.17) is 26.2 Å². The highest BCUT2D eigenvalue weighted by Crippen LogP contribution is 2.50. The van der Waals surface area contributed by atoms with Crippen molar-refractivity contribution in [3.63, 3.8) is 0 Å². The van der Waals surface area contributed by atoms with E-state index in [0.717, 1.165) is 11.6 Å². The summed E-state index contributed by atoms with van der Waals surface area (Å²) < 4.78 is 27.2. The second-order valence-electron chi connectivity index (χ2n) is 8.50. The molecule has 6 heteroatoms. The smallest absolute Gasteiger partial charge is 0.328 e. The molecule has 31 heavy (non-hydrogen) atoms. The van der Waals surface area contributed by atoms with E-state index in [1.54, 1.807) is 6.92 Å². The van der Waals surface area contributed by atoms with Crippen LogP contribution in [-0.2, 0) is 9.67 Å². The maximum Gasteiger partial charge on any atom is 0.328 e. The molecule has 0 unspecified atom stereocenters. The number of rotatable bonds is 7. The molecule has 0 bridgehead atoms. The molecule has 0 aromatic heterocycles. The van der Waals surface area contributed by atoms with Gasteiger partial charge in [-0.3, -0.25) is 0 Å². The number of aliphatic carboxylic acids is 1. The van der Waals surface area contributed by atoms with Gasteiger partial charge in [-0.1, -0.05) is 19.1 Å². The molecule has 0 fully saturated rings. The van der Waals surface area contributed by atoms with Crippen LogP contribution in [0.4, 0.5) is 4.39 Å². The van der Waals surface area contributed by atoms with Crippen LogP contribution >= 0.6 is 11.6 Å². The highest BCUT2D eigenvalue weighted by molar-refractivity contribution is 6.24. The second-order valence-corrected chi connectivity index (χ2v) is 9.45. The molecule has 1 aromatic carbocycles. The summed E-state index contributed by atoms with van der Waals surface area (Å²) in [5.74, 6) is -0.469. The third-order valence-electron chi connectivity index (χ3n) is 4.90. The van der Waals surface area contributed by atoms with E-state index in [0.29, 0.717) is 40.2 Å². The number of fused-ring (bicyclic) bond motifs is 1. The van der Waals surface area contributed by atoms with E-state index in [2.05, 4.69) is 0 Å². The number of alkyl halides is 1. The van der Waals surface area contributed by atoms with Gasteiger partial charge in [-0.2, -0.15) is 0 Å². The normalized spacial score (nSPS) is 16.6. The van der Waals surface area contributed by atoms with Crippen LogP contribution in [0.3, 0.4) is 0 Å². The Hall–Kier alpha value is -2.53. The molecular formula is C25H30ClFO4. The summed E-state index contributed by atoms with van der Waals surface area (Å²) in [7, 11) is 1.53. The highest BCUT2D eigenvalue weighted by Gasteiger charge is 2.35. The van der Waals surface area contributed by atoms with Gasteiger partial charge >= 0.3 is 5.97 Å². The average molecular weight is 449 g/mol. The molecule has 1 aliphatic rings. The van der Waals surface area contributed by atoms with Crippen LogP contribution < -0.4 is 9.47 Å². The summed E-state index contributed by atoms with van der Waals surface area (Å²) >= 11 is 6.75. The fraction of sp³-hybridized carbons (Fsp3) is 0.400. The van der Waals surface area contributed by atoms with Crippen molar-refractivity contribution in [1.82, 2.24) is 0 Å². The maximum atomic E-state index is 15.2.